The summed E-state index contributed by atoms with van der Waals surface area (Å²) in [5.41, 5.74) is 2.35. The summed E-state index contributed by atoms with van der Waals surface area (Å²) in [4.78, 5) is 6.03. The van der Waals surface area contributed by atoms with Gasteiger partial charge in [0.2, 0.25) is 0 Å². The number of hydrogen-bond acceptors (Lipinski definition) is 3. The lowest BCUT2D eigenvalue weighted by Gasteiger charge is -2.34. The second kappa shape index (κ2) is 5.69. The lowest BCUT2D eigenvalue weighted by Crippen LogP contribution is -2.44. The van der Waals surface area contributed by atoms with Crippen LogP contribution in [0.3, 0.4) is 0 Å². The minimum Gasteiger partial charge on any atom is -0.369 e. The molecule has 2 aliphatic rings. The summed E-state index contributed by atoms with van der Waals surface area (Å²) in [7, 11) is 2.18. The monoisotopic (exact) mass is 331 g/mol. The quantitative estimate of drug-likeness (QED) is 0.668. The molecule has 0 radical (unpaired) electrons. The van der Waals surface area contributed by atoms with Crippen molar-refractivity contribution in [1.82, 2.24) is 9.47 Å². The molecule has 2 aliphatic heterocycles. The number of anilines is 1. The van der Waals surface area contributed by atoms with Crippen LogP contribution in [-0.2, 0) is 0 Å². The molecular formula is C17H18ClN3S. The summed E-state index contributed by atoms with van der Waals surface area (Å²) >= 11 is 8.35. The van der Waals surface area contributed by atoms with E-state index >= 15 is 0 Å². The highest BCUT2D eigenvalue weighted by atomic mass is 35.5. The van der Waals surface area contributed by atoms with E-state index < -0.39 is 0 Å². The fraction of sp³-hybridized carbons (Fsp3) is 0.294. The Labute approximate surface area is 140 Å². The number of benzene rings is 1. The zero-order valence-electron chi connectivity index (χ0n) is 12.5. The van der Waals surface area contributed by atoms with Crippen LogP contribution in [0.4, 0.5) is 5.69 Å². The van der Waals surface area contributed by atoms with Gasteiger partial charge in [0.15, 0.2) is 0 Å². The Hall–Kier alpha value is -1.36. The van der Waals surface area contributed by atoms with Crippen molar-refractivity contribution in [3.8, 4) is 0 Å². The van der Waals surface area contributed by atoms with Crippen LogP contribution in [-0.4, -0.2) is 42.7 Å². The molecule has 0 bridgehead atoms. The molecule has 0 amide bonds. The third kappa shape index (κ3) is 2.56. The second-order valence-electron chi connectivity index (χ2n) is 5.80. The molecule has 3 heterocycles. The van der Waals surface area contributed by atoms with Crippen LogP contribution in [0.1, 0.15) is 5.56 Å². The van der Waals surface area contributed by atoms with Gasteiger partial charge in [0.1, 0.15) is 0 Å². The Morgan fingerprint density at radius 1 is 1.14 bits per heavy atom. The molecule has 5 heteroatoms. The Morgan fingerprint density at radius 2 is 1.95 bits per heavy atom. The first kappa shape index (κ1) is 14.2. The molecule has 3 nitrogen and oxygen atoms in total. The number of halogens is 1. The van der Waals surface area contributed by atoms with E-state index in [1.54, 1.807) is 11.8 Å². The van der Waals surface area contributed by atoms with Gasteiger partial charge in [-0.15, -0.1) is 0 Å². The van der Waals surface area contributed by atoms with Crippen LogP contribution >= 0.6 is 23.4 Å². The van der Waals surface area contributed by atoms with E-state index in [4.69, 9.17) is 11.6 Å². The highest BCUT2D eigenvalue weighted by Gasteiger charge is 2.19. The maximum atomic E-state index is 6.57. The largest absolute Gasteiger partial charge is 0.369 e. The first-order valence-corrected chi connectivity index (χ1v) is 8.70. The third-order valence-corrected chi connectivity index (χ3v) is 5.73. The van der Waals surface area contributed by atoms with Crippen molar-refractivity contribution >= 4 is 41.3 Å². The molecule has 4 rings (SSSR count). The standard InChI is InChI=1S/C17H18ClN3S/c1-19-7-9-20(10-8-19)13-11-15(18)14-4-6-21-5-2-3-17(21)22-16(14)12-13/h2-6,11-12H,7-10H2,1H3. The Bertz CT molecular complexity index is 730. The summed E-state index contributed by atoms with van der Waals surface area (Å²) in [6, 6.07) is 8.60. The van der Waals surface area contributed by atoms with Crippen molar-refractivity contribution in [3.63, 3.8) is 0 Å². The summed E-state index contributed by atoms with van der Waals surface area (Å²) in [5.74, 6) is 0. The Morgan fingerprint density at radius 3 is 2.77 bits per heavy atom. The molecule has 0 unspecified atom stereocenters. The zero-order chi connectivity index (χ0) is 15.1. The Kier molecular flexibility index (Phi) is 3.68. The summed E-state index contributed by atoms with van der Waals surface area (Å²) in [6.45, 7) is 4.32. The van der Waals surface area contributed by atoms with Gasteiger partial charge in [-0.2, -0.15) is 0 Å². The Balaban J connectivity index is 1.71. The van der Waals surface area contributed by atoms with Gasteiger partial charge in [-0.25, -0.2) is 0 Å². The number of hydrogen-bond donors (Lipinski definition) is 0. The van der Waals surface area contributed by atoms with Crippen molar-refractivity contribution in [1.29, 1.82) is 0 Å². The van der Waals surface area contributed by atoms with E-state index in [9.17, 15) is 0 Å². The number of nitrogens with zero attached hydrogens (tertiary/aromatic N) is 3. The highest BCUT2D eigenvalue weighted by molar-refractivity contribution is 7.99. The summed E-state index contributed by atoms with van der Waals surface area (Å²) in [5, 5.41) is 2.06. The topological polar surface area (TPSA) is 11.4 Å². The zero-order valence-corrected chi connectivity index (χ0v) is 14.1. The van der Waals surface area contributed by atoms with Crippen molar-refractivity contribution in [2.24, 2.45) is 0 Å². The molecule has 22 heavy (non-hydrogen) atoms. The average Bonchev–Trinajstić information content (AvgIpc) is 2.87. The van der Waals surface area contributed by atoms with Crippen molar-refractivity contribution in [2.45, 2.75) is 9.92 Å². The highest BCUT2D eigenvalue weighted by Crippen LogP contribution is 2.40. The van der Waals surface area contributed by atoms with E-state index in [1.807, 2.05) is 0 Å². The van der Waals surface area contributed by atoms with E-state index in [2.05, 4.69) is 64.2 Å². The van der Waals surface area contributed by atoms with Crippen LogP contribution in [0.25, 0.3) is 12.3 Å². The van der Waals surface area contributed by atoms with Gasteiger partial charge < -0.3 is 14.4 Å². The van der Waals surface area contributed by atoms with Gasteiger partial charge in [-0.05, 0) is 37.4 Å². The van der Waals surface area contributed by atoms with Gasteiger partial charge in [0.05, 0.1) is 10.0 Å². The number of fused-ring (bicyclic) bond motifs is 2. The van der Waals surface area contributed by atoms with Gasteiger partial charge in [-0.3, -0.25) is 0 Å². The van der Waals surface area contributed by atoms with Crippen LogP contribution in [0, 0.1) is 0 Å². The van der Waals surface area contributed by atoms with E-state index in [0.717, 1.165) is 36.8 Å². The van der Waals surface area contributed by atoms with E-state index in [1.165, 1.54) is 15.6 Å². The molecule has 1 saturated heterocycles. The van der Waals surface area contributed by atoms with Crippen molar-refractivity contribution in [3.05, 3.63) is 41.0 Å². The molecule has 0 aliphatic carbocycles. The molecule has 2 aromatic rings. The van der Waals surface area contributed by atoms with E-state index in [0.29, 0.717) is 0 Å². The third-order valence-electron chi connectivity index (χ3n) is 4.30. The summed E-state index contributed by atoms with van der Waals surface area (Å²) < 4.78 is 2.14. The van der Waals surface area contributed by atoms with Gasteiger partial charge in [0, 0.05) is 54.7 Å². The SMILES string of the molecule is CN1CCN(c2cc(Cl)c3c(c2)Sc2cccn2C=C3)CC1. The summed E-state index contributed by atoms with van der Waals surface area (Å²) in [6.07, 6.45) is 6.25. The molecular weight excluding hydrogens is 314 g/mol. The normalized spacial score (nSPS) is 18.0. The maximum Gasteiger partial charge on any atom is 0.0837 e. The minimum absolute atomic E-state index is 0.834. The number of rotatable bonds is 1. The number of aromatic nitrogens is 1. The molecule has 0 spiro atoms. The van der Waals surface area contributed by atoms with Crippen LogP contribution in [0.5, 0.6) is 0 Å². The molecule has 1 aromatic carbocycles. The second-order valence-corrected chi connectivity index (χ2v) is 7.27. The molecule has 0 saturated carbocycles. The van der Waals surface area contributed by atoms with Crippen LogP contribution < -0.4 is 4.90 Å². The lowest BCUT2D eigenvalue weighted by atomic mass is 10.1. The smallest absolute Gasteiger partial charge is 0.0837 e. The van der Waals surface area contributed by atoms with Crippen LogP contribution in [0.15, 0.2) is 40.4 Å². The molecule has 0 N–H and O–H groups in total. The molecule has 114 valence electrons. The van der Waals surface area contributed by atoms with Gasteiger partial charge in [0.25, 0.3) is 0 Å². The van der Waals surface area contributed by atoms with Crippen LogP contribution in [0.2, 0.25) is 5.02 Å². The first-order chi connectivity index (χ1) is 10.7. The van der Waals surface area contributed by atoms with E-state index in [-0.39, 0.29) is 0 Å². The first-order valence-electron chi connectivity index (χ1n) is 7.51. The molecule has 0 atom stereocenters. The average molecular weight is 332 g/mol. The fourth-order valence-electron chi connectivity index (χ4n) is 2.93. The van der Waals surface area contributed by atoms with Crippen molar-refractivity contribution < 1.29 is 0 Å². The van der Waals surface area contributed by atoms with Gasteiger partial charge in [-0.1, -0.05) is 23.4 Å². The van der Waals surface area contributed by atoms with Crippen molar-refractivity contribution in [2.75, 3.05) is 38.1 Å². The number of piperazine rings is 1. The fourth-order valence-corrected chi connectivity index (χ4v) is 4.33. The number of likely N-dealkylation sites (N-methyl/N-ethyl adjacent to an activating group) is 1. The van der Waals surface area contributed by atoms with Gasteiger partial charge >= 0.3 is 0 Å². The minimum atomic E-state index is 0.834. The lowest BCUT2D eigenvalue weighted by molar-refractivity contribution is 0.313. The predicted molar refractivity (Wildman–Crippen MR) is 94.9 cm³/mol. The molecule has 1 fully saturated rings. The molecule has 1 aromatic heterocycles. The predicted octanol–water partition coefficient (Wildman–Crippen LogP) is 3.99. The maximum absolute atomic E-state index is 6.57.